The van der Waals surface area contributed by atoms with Gasteiger partial charge in [-0.1, -0.05) is 18.2 Å². The quantitative estimate of drug-likeness (QED) is 0.641. The van der Waals surface area contributed by atoms with Crippen molar-refractivity contribution in [3.05, 3.63) is 54.0 Å². The summed E-state index contributed by atoms with van der Waals surface area (Å²) < 4.78 is 13.6. The molecule has 2 rings (SSSR count). The number of hydrogen-bond donors (Lipinski definition) is 2. The number of benzene rings is 1. The number of nitrogens with one attached hydrogen (secondary N) is 1. The highest BCUT2D eigenvalue weighted by molar-refractivity contribution is 5.47. The monoisotopic (exact) mass is 246 g/mol. The molecule has 0 saturated heterocycles. The molecule has 0 unspecified atom stereocenters. The third-order valence-electron chi connectivity index (χ3n) is 2.66. The first-order chi connectivity index (χ1) is 8.70. The van der Waals surface area contributed by atoms with Crippen LogP contribution in [-0.4, -0.2) is 12.0 Å². The first kappa shape index (κ1) is 12.3. The molecule has 0 aliphatic heterocycles. The van der Waals surface area contributed by atoms with E-state index < -0.39 is 0 Å². The Balaban J connectivity index is 2.11. The van der Waals surface area contributed by atoms with Crippen LogP contribution in [-0.2, 0) is 6.54 Å². The maximum atomic E-state index is 13.6. The predicted octanol–water partition coefficient (Wildman–Crippen LogP) is 2.14. The van der Waals surface area contributed by atoms with E-state index in [2.05, 4.69) is 10.4 Å². The SMILES string of the molecule is CN(Cc1ccc(NN)nc1)c1ccccc1F. The Morgan fingerprint density at radius 3 is 2.67 bits per heavy atom. The summed E-state index contributed by atoms with van der Waals surface area (Å²) >= 11 is 0. The molecule has 3 N–H and O–H groups in total. The minimum absolute atomic E-state index is 0.229. The molecular formula is C13H15FN4. The number of halogens is 1. The second-order valence-electron chi connectivity index (χ2n) is 4.00. The van der Waals surface area contributed by atoms with Gasteiger partial charge in [-0.15, -0.1) is 0 Å². The highest BCUT2D eigenvalue weighted by Crippen LogP contribution is 2.19. The van der Waals surface area contributed by atoms with E-state index in [-0.39, 0.29) is 5.82 Å². The van der Waals surface area contributed by atoms with Crippen LogP contribution in [0.25, 0.3) is 0 Å². The molecule has 94 valence electrons. The summed E-state index contributed by atoms with van der Waals surface area (Å²) in [6.07, 6.45) is 1.71. The van der Waals surface area contributed by atoms with Crippen LogP contribution in [0.5, 0.6) is 0 Å². The largest absolute Gasteiger partial charge is 0.368 e. The zero-order valence-corrected chi connectivity index (χ0v) is 10.1. The summed E-state index contributed by atoms with van der Waals surface area (Å²) in [5.74, 6) is 5.62. The molecule has 0 atom stereocenters. The fourth-order valence-corrected chi connectivity index (χ4v) is 1.72. The molecule has 0 aliphatic carbocycles. The Bertz CT molecular complexity index is 513. The van der Waals surface area contributed by atoms with Crippen LogP contribution in [0.15, 0.2) is 42.6 Å². The second kappa shape index (κ2) is 5.46. The lowest BCUT2D eigenvalue weighted by molar-refractivity contribution is 0.622. The number of anilines is 2. The average molecular weight is 246 g/mol. The lowest BCUT2D eigenvalue weighted by Crippen LogP contribution is -2.18. The van der Waals surface area contributed by atoms with Crippen molar-refractivity contribution in [1.29, 1.82) is 0 Å². The summed E-state index contributed by atoms with van der Waals surface area (Å²) in [5.41, 5.74) is 4.02. The molecule has 0 bridgehead atoms. The number of nitrogens with two attached hydrogens (primary N) is 1. The molecule has 4 nitrogen and oxygen atoms in total. The summed E-state index contributed by atoms with van der Waals surface area (Å²) in [4.78, 5) is 5.95. The summed E-state index contributed by atoms with van der Waals surface area (Å²) in [6, 6.07) is 10.4. The summed E-state index contributed by atoms with van der Waals surface area (Å²) in [6.45, 7) is 0.582. The molecule has 0 fully saturated rings. The molecule has 1 aromatic carbocycles. The Kier molecular flexibility index (Phi) is 3.74. The van der Waals surface area contributed by atoms with Crippen LogP contribution in [0, 0.1) is 5.82 Å². The van der Waals surface area contributed by atoms with Crippen molar-refractivity contribution in [1.82, 2.24) is 4.98 Å². The fraction of sp³-hybridized carbons (Fsp3) is 0.154. The first-order valence-electron chi connectivity index (χ1n) is 5.58. The molecule has 2 aromatic rings. The van der Waals surface area contributed by atoms with E-state index in [9.17, 15) is 4.39 Å². The molecule has 0 spiro atoms. The number of pyridine rings is 1. The van der Waals surface area contributed by atoms with Gasteiger partial charge in [-0.25, -0.2) is 15.2 Å². The van der Waals surface area contributed by atoms with Gasteiger partial charge in [0.25, 0.3) is 0 Å². The van der Waals surface area contributed by atoms with Crippen molar-refractivity contribution >= 4 is 11.5 Å². The van der Waals surface area contributed by atoms with Gasteiger partial charge in [-0.2, -0.15) is 0 Å². The number of aromatic nitrogens is 1. The summed E-state index contributed by atoms with van der Waals surface area (Å²) in [5, 5.41) is 0. The Morgan fingerprint density at radius 2 is 2.06 bits per heavy atom. The number of hydrazine groups is 1. The van der Waals surface area contributed by atoms with Crippen molar-refractivity contribution in [3.8, 4) is 0 Å². The maximum Gasteiger partial charge on any atom is 0.146 e. The minimum Gasteiger partial charge on any atom is -0.368 e. The molecular weight excluding hydrogens is 231 g/mol. The second-order valence-corrected chi connectivity index (χ2v) is 4.00. The van der Waals surface area contributed by atoms with E-state index >= 15 is 0 Å². The van der Waals surface area contributed by atoms with E-state index in [1.54, 1.807) is 24.4 Å². The Hall–Kier alpha value is -2.14. The molecule has 18 heavy (non-hydrogen) atoms. The Morgan fingerprint density at radius 1 is 1.28 bits per heavy atom. The van der Waals surface area contributed by atoms with E-state index in [0.29, 0.717) is 18.1 Å². The number of rotatable bonds is 4. The zero-order chi connectivity index (χ0) is 13.0. The topological polar surface area (TPSA) is 54.2 Å². The van der Waals surface area contributed by atoms with Crippen LogP contribution in [0.3, 0.4) is 0 Å². The molecule has 0 aliphatic rings. The van der Waals surface area contributed by atoms with E-state index in [0.717, 1.165) is 5.56 Å². The first-order valence-corrected chi connectivity index (χ1v) is 5.58. The van der Waals surface area contributed by atoms with Gasteiger partial charge in [-0.3, -0.25) is 0 Å². The van der Waals surface area contributed by atoms with Crippen LogP contribution < -0.4 is 16.2 Å². The van der Waals surface area contributed by atoms with Crippen molar-refractivity contribution < 1.29 is 4.39 Å². The van der Waals surface area contributed by atoms with Gasteiger partial charge < -0.3 is 10.3 Å². The van der Waals surface area contributed by atoms with Crippen molar-refractivity contribution in [2.45, 2.75) is 6.54 Å². The lowest BCUT2D eigenvalue weighted by atomic mass is 10.2. The highest BCUT2D eigenvalue weighted by atomic mass is 19.1. The normalized spacial score (nSPS) is 10.2. The standard InChI is InChI=1S/C13H15FN4/c1-18(12-5-3-2-4-11(12)14)9-10-6-7-13(17-15)16-8-10/h2-8H,9,15H2,1H3,(H,16,17). The van der Waals surface area contributed by atoms with Gasteiger partial charge in [0.05, 0.1) is 5.69 Å². The number of hydrogen-bond acceptors (Lipinski definition) is 4. The number of para-hydroxylation sites is 1. The zero-order valence-electron chi connectivity index (χ0n) is 10.1. The average Bonchev–Trinajstić information content (AvgIpc) is 2.40. The minimum atomic E-state index is -0.229. The fourth-order valence-electron chi connectivity index (χ4n) is 1.72. The third-order valence-corrected chi connectivity index (χ3v) is 2.66. The van der Waals surface area contributed by atoms with Crippen LogP contribution in [0.4, 0.5) is 15.9 Å². The molecule has 0 saturated carbocycles. The third kappa shape index (κ3) is 2.75. The molecule has 0 amide bonds. The maximum absolute atomic E-state index is 13.6. The molecule has 1 heterocycles. The Labute approximate surface area is 105 Å². The van der Waals surface area contributed by atoms with Crippen LogP contribution in [0.1, 0.15) is 5.56 Å². The van der Waals surface area contributed by atoms with Crippen LogP contribution in [0.2, 0.25) is 0 Å². The van der Waals surface area contributed by atoms with Gasteiger partial charge in [0.2, 0.25) is 0 Å². The van der Waals surface area contributed by atoms with Crippen molar-refractivity contribution in [3.63, 3.8) is 0 Å². The smallest absolute Gasteiger partial charge is 0.146 e. The molecule has 1 aromatic heterocycles. The van der Waals surface area contributed by atoms with E-state index in [1.165, 1.54) is 6.07 Å². The molecule has 5 heteroatoms. The van der Waals surface area contributed by atoms with Crippen LogP contribution >= 0.6 is 0 Å². The van der Waals surface area contributed by atoms with E-state index in [4.69, 9.17) is 5.84 Å². The van der Waals surface area contributed by atoms with Gasteiger partial charge >= 0.3 is 0 Å². The molecule has 0 radical (unpaired) electrons. The van der Waals surface area contributed by atoms with Crippen molar-refractivity contribution in [2.75, 3.05) is 17.4 Å². The highest BCUT2D eigenvalue weighted by Gasteiger charge is 2.07. The number of nitrogen functional groups attached to an aromatic ring is 1. The van der Waals surface area contributed by atoms with Gasteiger partial charge in [-0.05, 0) is 23.8 Å². The summed E-state index contributed by atoms with van der Waals surface area (Å²) in [7, 11) is 1.84. The number of nitrogens with zero attached hydrogens (tertiary/aromatic N) is 2. The van der Waals surface area contributed by atoms with Gasteiger partial charge in [0.1, 0.15) is 11.6 Å². The van der Waals surface area contributed by atoms with Gasteiger partial charge in [0, 0.05) is 19.8 Å². The van der Waals surface area contributed by atoms with E-state index in [1.807, 2.05) is 24.1 Å². The predicted molar refractivity (Wildman–Crippen MR) is 70.6 cm³/mol. The van der Waals surface area contributed by atoms with Gasteiger partial charge in [0.15, 0.2) is 0 Å². The lowest BCUT2D eigenvalue weighted by Gasteiger charge is -2.19. The van der Waals surface area contributed by atoms with Crippen molar-refractivity contribution in [2.24, 2.45) is 5.84 Å².